The van der Waals surface area contributed by atoms with Gasteiger partial charge in [0.2, 0.25) is 5.79 Å². The number of carbonyl (C=O) groups excluding carboxylic acids is 2. The highest BCUT2D eigenvalue weighted by atomic mass is 16.7. The first-order valence-corrected chi connectivity index (χ1v) is 22.7. The summed E-state index contributed by atoms with van der Waals surface area (Å²) >= 11 is 0. The van der Waals surface area contributed by atoms with Gasteiger partial charge in [0.05, 0.1) is 24.8 Å². The lowest BCUT2D eigenvalue weighted by molar-refractivity contribution is -0.255. The highest BCUT2D eigenvalue weighted by Gasteiger charge is 2.65. The van der Waals surface area contributed by atoms with Gasteiger partial charge >= 0.3 is 12.2 Å². The van der Waals surface area contributed by atoms with Crippen LogP contribution in [0.5, 0.6) is 11.5 Å². The van der Waals surface area contributed by atoms with E-state index in [0.717, 1.165) is 47.9 Å². The average molecular weight is 866 g/mol. The van der Waals surface area contributed by atoms with Crippen molar-refractivity contribution in [2.75, 3.05) is 33.0 Å². The lowest BCUT2D eigenvalue weighted by Crippen LogP contribution is -2.70. The van der Waals surface area contributed by atoms with E-state index >= 15 is 0 Å². The number of allylic oxidation sites excluding steroid dienone is 1. The molecule has 1 fully saturated rings. The molecule has 3 aliphatic rings. The van der Waals surface area contributed by atoms with Gasteiger partial charge in [-0.3, -0.25) is 4.90 Å². The van der Waals surface area contributed by atoms with Crippen LogP contribution in [0.4, 0.5) is 9.59 Å². The van der Waals surface area contributed by atoms with Crippen LogP contribution in [0.2, 0.25) is 0 Å². The van der Waals surface area contributed by atoms with Crippen molar-refractivity contribution in [2.45, 2.75) is 110 Å². The van der Waals surface area contributed by atoms with Crippen LogP contribution in [0.15, 0.2) is 108 Å². The van der Waals surface area contributed by atoms with Crippen molar-refractivity contribution in [1.29, 1.82) is 0 Å². The van der Waals surface area contributed by atoms with Crippen LogP contribution >= 0.6 is 0 Å². The largest absolute Gasteiger partial charge is 0.459 e. The second-order valence-corrected chi connectivity index (χ2v) is 18.1. The molecular weight excluding hydrogens is 799 g/mol. The minimum Gasteiger partial charge on any atom is -0.459 e. The Hall–Kier alpha value is -5.17. The van der Waals surface area contributed by atoms with Gasteiger partial charge in [0, 0.05) is 44.2 Å². The Bertz CT molecular complexity index is 2020. The predicted octanol–water partition coefficient (Wildman–Crippen LogP) is 9.70. The molecule has 0 aromatic heterocycles. The highest BCUT2D eigenvalue weighted by molar-refractivity contribution is 6.03. The van der Waals surface area contributed by atoms with Crippen molar-refractivity contribution >= 4 is 17.9 Å². The fourth-order valence-electron chi connectivity index (χ4n) is 9.36. The molecule has 3 N–H and O–H groups in total. The van der Waals surface area contributed by atoms with Crippen molar-refractivity contribution in [3.05, 3.63) is 120 Å². The molecule has 6 rings (SSSR count). The van der Waals surface area contributed by atoms with Crippen LogP contribution in [0, 0.1) is 23.2 Å². The van der Waals surface area contributed by atoms with Gasteiger partial charge in [0.1, 0.15) is 24.1 Å². The Morgan fingerprint density at radius 2 is 1.67 bits per heavy atom. The van der Waals surface area contributed by atoms with E-state index in [4.69, 9.17) is 28.9 Å². The van der Waals surface area contributed by atoms with E-state index in [1.54, 1.807) is 17.0 Å². The predicted molar refractivity (Wildman–Crippen MR) is 243 cm³/mol. The Kier molecular flexibility index (Phi) is 16.9. The van der Waals surface area contributed by atoms with Gasteiger partial charge < -0.3 is 39.3 Å². The molecule has 2 aliphatic carbocycles. The first-order valence-electron chi connectivity index (χ1n) is 22.7. The lowest BCUT2D eigenvalue weighted by Gasteiger charge is -2.60. The second kappa shape index (κ2) is 22.4. The number of carbonyl (C=O) groups is 2. The summed E-state index contributed by atoms with van der Waals surface area (Å²) < 4.78 is 26.4. The summed E-state index contributed by atoms with van der Waals surface area (Å²) in [5.41, 5.74) is 4.09. The topological polar surface area (TPSA) is 148 Å². The van der Waals surface area contributed by atoms with Gasteiger partial charge in [-0.1, -0.05) is 119 Å². The molecule has 0 saturated heterocycles. The van der Waals surface area contributed by atoms with E-state index in [1.165, 1.54) is 0 Å². The molecule has 2 amide bonds. The zero-order valence-corrected chi connectivity index (χ0v) is 37.5. The summed E-state index contributed by atoms with van der Waals surface area (Å²) in [6.07, 6.45) is 8.27. The Labute approximate surface area is 373 Å². The maximum atomic E-state index is 14.5. The molecule has 1 heterocycles. The van der Waals surface area contributed by atoms with E-state index in [-0.39, 0.29) is 62.6 Å². The van der Waals surface area contributed by atoms with Gasteiger partial charge in [-0.15, -0.1) is 6.58 Å². The maximum absolute atomic E-state index is 14.5. The quantitative estimate of drug-likeness (QED) is 0.0541. The molecule has 340 valence electrons. The Morgan fingerprint density at radius 1 is 0.968 bits per heavy atom. The van der Waals surface area contributed by atoms with E-state index in [0.29, 0.717) is 49.6 Å². The fourth-order valence-corrected chi connectivity index (χ4v) is 9.36. The third-order valence-electron chi connectivity index (χ3n) is 12.1. The smallest absolute Gasteiger partial charge is 0.412 e. The molecule has 0 radical (unpaired) electrons. The number of aliphatic hydroxyl groups is 2. The standard InChI is InChI=1S/C51H67N3O9/c1-6-26-54(49(58)59-35-50(3,4)5)45-32-43(53-61-34-37-20-12-9-13-21-37)41-30-38(22-14-16-27-55)40(23-15-17-28-56)46-42-31-39(62-48(57)52-33-36-18-10-8-11-19-36)24-25-44(42)63-51(45,47(41)46)60-29-7-2/h7-13,18-21,24-25,30-31,38,40,45-47,55-56H,2,6,14-17,22-23,26-29,32-35H2,1,3-5H3,(H,52,57). The number of hydrogen-bond acceptors (Lipinski definition) is 10. The number of rotatable bonds is 21. The third-order valence-corrected chi connectivity index (χ3v) is 12.1. The molecule has 6 atom stereocenters. The summed E-state index contributed by atoms with van der Waals surface area (Å²) in [6.45, 7) is 13.6. The molecule has 0 spiro atoms. The number of oxime groups is 1. The fraction of sp³-hybridized carbons (Fsp3) is 0.510. The number of ether oxygens (including phenoxy) is 4. The van der Waals surface area contributed by atoms with Crippen LogP contribution < -0.4 is 14.8 Å². The monoisotopic (exact) mass is 865 g/mol. The van der Waals surface area contributed by atoms with Crippen molar-refractivity contribution < 1.29 is 43.6 Å². The van der Waals surface area contributed by atoms with Crippen molar-refractivity contribution in [3.63, 3.8) is 0 Å². The average Bonchev–Trinajstić information content (AvgIpc) is 3.28. The summed E-state index contributed by atoms with van der Waals surface area (Å²) in [5.74, 6) is -1.30. The molecule has 0 bridgehead atoms. The van der Waals surface area contributed by atoms with Crippen molar-refractivity contribution in [3.8, 4) is 11.5 Å². The molecule has 1 saturated carbocycles. The number of nitrogens with zero attached hydrogens (tertiary/aromatic N) is 2. The SMILES string of the molecule is C=CCOC12Oc3ccc(OC(=O)NCc4ccccc4)cc3C3C(CCCCO)C(CCCCO)C=C(C(=NOCc4ccccc4)CC1N(CCC)C(=O)OCC(C)(C)C)C32. The first-order chi connectivity index (χ1) is 30.5. The zero-order valence-electron chi connectivity index (χ0n) is 37.5. The number of aliphatic hydroxyl groups excluding tert-OH is 2. The van der Waals surface area contributed by atoms with Gasteiger partial charge in [-0.2, -0.15) is 0 Å². The molecule has 63 heavy (non-hydrogen) atoms. The van der Waals surface area contributed by atoms with Crippen molar-refractivity contribution in [1.82, 2.24) is 10.2 Å². The van der Waals surface area contributed by atoms with Gasteiger partial charge in [-0.25, -0.2) is 9.59 Å². The Balaban J connectivity index is 1.52. The molecule has 3 aromatic carbocycles. The minimum absolute atomic E-state index is 0.00166. The molecule has 1 aliphatic heterocycles. The number of unbranched alkanes of at least 4 members (excludes halogenated alkanes) is 2. The molecule has 3 aromatic rings. The number of nitrogens with one attached hydrogen (secondary N) is 1. The van der Waals surface area contributed by atoms with E-state index in [1.807, 2.05) is 100 Å². The molecule has 12 heteroatoms. The lowest BCUT2D eigenvalue weighted by atomic mass is 9.55. The summed E-state index contributed by atoms with van der Waals surface area (Å²) in [6, 6.07) is 24.2. The Morgan fingerprint density at radius 3 is 2.33 bits per heavy atom. The third kappa shape index (κ3) is 11.9. The number of fused-ring (bicyclic) bond motifs is 2. The zero-order chi connectivity index (χ0) is 44.8. The van der Waals surface area contributed by atoms with E-state index in [2.05, 4.69) is 18.0 Å². The van der Waals surface area contributed by atoms with E-state index in [9.17, 15) is 19.8 Å². The molecular formula is C51H67N3O9. The maximum Gasteiger partial charge on any atom is 0.412 e. The van der Waals surface area contributed by atoms with Crippen LogP contribution in [0.25, 0.3) is 0 Å². The van der Waals surface area contributed by atoms with E-state index < -0.39 is 29.9 Å². The number of hydrogen-bond donors (Lipinski definition) is 3. The van der Waals surface area contributed by atoms with Gasteiger partial charge in [0.25, 0.3) is 0 Å². The van der Waals surface area contributed by atoms with Gasteiger partial charge in [-0.05, 0) is 84.3 Å². The first kappa shape index (κ1) is 47.3. The van der Waals surface area contributed by atoms with Crippen LogP contribution in [0.1, 0.15) is 102 Å². The highest BCUT2D eigenvalue weighted by Crippen LogP contribution is 2.62. The van der Waals surface area contributed by atoms with Crippen molar-refractivity contribution in [2.24, 2.45) is 28.3 Å². The molecule has 6 unspecified atom stereocenters. The summed E-state index contributed by atoms with van der Waals surface area (Å²) in [7, 11) is 0. The normalized spacial score (nSPS) is 23.0. The minimum atomic E-state index is -1.44. The molecule has 12 nitrogen and oxygen atoms in total. The second-order valence-electron chi connectivity index (χ2n) is 18.1. The summed E-state index contributed by atoms with van der Waals surface area (Å²) in [4.78, 5) is 35.7. The van der Waals surface area contributed by atoms with Crippen LogP contribution in [-0.4, -0.2) is 77.8 Å². The summed E-state index contributed by atoms with van der Waals surface area (Å²) in [5, 5.41) is 27.7. The number of benzene rings is 3. The van der Waals surface area contributed by atoms with Crippen LogP contribution in [0.3, 0.4) is 0 Å². The van der Waals surface area contributed by atoms with Crippen LogP contribution in [-0.2, 0) is 27.5 Å². The van der Waals surface area contributed by atoms with Gasteiger partial charge in [0.15, 0.2) is 0 Å². The number of amides is 2.